The van der Waals surface area contributed by atoms with E-state index < -0.39 is 0 Å². The van der Waals surface area contributed by atoms with Crippen LogP contribution < -0.4 is 4.90 Å². The zero-order valence-electron chi connectivity index (χ0n) is 15.2. The molecule has 4 heterocycles. The second-order valence-electron chi connectivity index (χ2n) is 7.38. The smallest absolute Gasteiger partial charge is 0.185 e. The highest BCUT2D eigenvalue weighted by Crippen LogP contribution is 2.29. The monoisotopic (exact) mass is 359 g/mol. The average molecular weight is 360 g/mol. The molecule has 0 bridgehead atoms. The van der Waals surface area contributed by atoms with Crippen LogP contribution in [0.3, 0.4) is 0 Å². The second-order valence-corrected chi connectivity index (χ2v) is 8.47. The van der Waals surface area contributed by atoms with Crippen LogP contribution in [0.15, 0.2) is 18.6 Å². The lowest BCUT2D eigenvalue weighted by atomic mass is 9.99. The quantitative estimate of drug-likeness (QED) is 0.788. The van der Waals surface area contributed by atoms with Crippen molar-refractivity contribution >= 4 is 16.5 Å². The Morgan fingerprint density at radius 3 is 2.76 bits per heavy atom. The van der Waals surface area contributed by atoms with E-state index >= 15 is 0 Å². The minimum Gasteiger partial charge on any atom is -0.348 e. The Hall–Kier alpha value is -1.40. The molecule has 1 atom stereocenters. The number of nitrogens with zero attached hydrogens (tertiary/aromatic N) is 5. The van der Waals surface area contributed by atoms with Crippen LogP contribution in [0.2, 0.25) is 0 Å². The summed E-state index contributed by atoms with van der Waals surface area (Å²) < 4.78 is 2.28. The van der Waals surface area contributed by atoms with Crippen molar-refractivity contribution in [2.75, 3.05) is 24.5 Å². The standard InChI is InChI=1S/C19H29N5S/c1-16-20-8-13-22(16)12-7-17-6-2-3-11-24(17)15-18-14-21-19(25-18)23-9-4-5-10-23/h8,13-14,17H,2-7,9-12,15H2,1H3/t17-/m0/s1. The van der Waals surface area contributed by atoms with Gasteiger partial charge in [0.15, 0.2) is 5.13 Å². The van der Waals surface area contributed by atoms with Crippen molar-refractivity contribution < 1.29 is 0 Å². The Bertz CT molecular complexity index is 673. The molecule has 0 amide bonds. The predicted molar refractivity (Wildman–Crippen MR) is 103 cm³/mol. The van der Waals surface area contributed by atoms with Gasteiger partial charge in [0.25, 0.3) is 0 Å². The lowest BCUT2D eigenvalue weighted by molar-refractivity contribution is 0.129. The fourth-order valence-electron chi connectivity index (χ4n) is 4.15. The van der Waals surface area contributed by atoms with Crippen molar-refractivity contribution in [1.82, 2.24) is 19.4 Å². The summed E-state index contributed by atoms with van der Waals surface area (Å²) in [6, 6.07) is 0.688. The van der Waals surface area contributed by atoms with Gasteiger partial charge in [-0.05, 0) is 45.6 Å². The van der Waals surface area contributed by atoms with Gasteiger partial charge in [0.05, 0.1) is 0 Å². The highest BCUT2D eigenvalue weighted by molar-refractivity contribution is 7.15. The molecule has 6 heteroatoms. The van der Waals surface area contributed by atoms with Gasteiger partial charge in [-0.2, -0.15) is 0 Å². The third kappa shape index (κ3) is 4.06. The molecular formula is C19H29N5S. The van der Waals surface area contributed by atoms with Crippen molar-refractivity contribution in [3.05, 3.63) is 29.3 Å². The average Bonchev–Trinajstić information content (AvgIpc) is 3.36. The molecule has 0 saturated carbocycles. The molecule has 2 aliphatic heterocycles. The molecule has 0 radical (unpaired) electrons. The summed E-state index contributed by atoms with van der Waals surface area (Å²) in [6.07, 6.45) is 14.0. The van der Waals surface area contributed by atoms with Crippen LogP contribution in [0.5, 0.6) is 0 Å². The van der Waals surface area contributed by atoms with E-state index in [2.05, 4.69) is 38.7 Å². The van der Waals surface area contributed by atoms with Gasteiger partial charge in [-0.1, -0.05) is 6.42 Å². The van der Waals surface area contributed by atoms with E-state index in [1.54, 1.807) is 0 Å². The Labute approximate surface area is 154 Å². The molecule has 2 fully saturated rings. The number of hydrogen-bond acceptors (Lipinski definition) is 5. The van der Waals surface area contributed by atoms with E-state index in [-0.39, 0.29) is 0 Å². The summed E-state index contributed by atoms with van der Waals surface area (Å²) in [5, 5.41) is 1.23. The SMILES string of the molecule is Cc1nccn1CC[C@@H]1CCCCN1Cc1cnc(N2CCCC2)s1. The summed E-state index contributed by atoms with van der Waals surface area (Å²) in [4.78, 5) is 15.6. The molecule has 136 valence electrons. The minimum atomic E-state index is 0.688. The summed E-state index contributed by atoms with van der Waals surface area (Å²) >= 11 is 1.90. The van der Waals surface area contributed by atoms with Crippen molar-refractivity contribution in [3.8, 4) is 0 Å². The van der Waals surface area contributed by atoms with Crippen molar-refractivity contribution in [1.29, 1.82) is 0 Å². The van der Waals surface area contributed by atoms with Crippen LogP contribution in [0.1, 0.15) is 49.2 Å². The molecule has 0 aromatic carbocycles. The maximum atomic E-state index is 4.69. The van der Waals surface area contributed by atoms with Gasteiger partial charge in [0.2, 0.25) is 0 Å². The number of thiazole rings is 1. The Morgan fingerprint density at radius 1 is 1.12 bits per heavy atom. The Balaban J connectivity index is 1.36. The van der Waals surface area contributed by atoms with Crippen molar-refractivity contribution in [2.24, 2.45) is 0 Å². The fourth-order valence-corrected chi connectivity index (χ4v) is 5.14. The molecule has 0 unspecified atom stereocenters. The first-order chi connectivity index (χ1) is 12.3. The second kappa shape index (κ2) is 7.87. The van der Waals surface area contributed by atoms with Gasteiger partial charge in [-0.15, -0.1) is 11.3 Å². The molecule has 2 saturated heterocycles. The zero-order chi connectivity index (χ0) is 17.1. The van der Waals surface area contributed by atoms with Crippen molar-refractivity contribution in [3.63, 3.8) is 0 Å². The van der Waals surface area contributed by atoms with Gasteiger partial charge >= 0.3 is 0 Å². The van der Waals surface area contributed by atoms with E-state index in [1.165, 1.54) is 68.2 Å². The molecule has 4 rings (SSSR count). The summed E-state index contributed by atoms with van der Waals surface area (Å²) in [5.74, 6) is 1.13. The lowest BCUT2D eigenvalue weighted by Gasteiger charge is -2.35. The number of hydrogen-bond donors (Lipinski definition) is 0. The maximum Gasteiger partial charge on any atom is 0.185 e. The van der Waals surface area contributed by atoms with Gasteiger partial charge in [-0.25, -0.2) is 9.97 Å². The first-order valence-electron chi connectivity index (χ1n) is 9.71. The van der Waals surface area contributed by atoms with E-state index in [4.69, 9.17) is 4.98 Å². The zero-order valence-corrected chi connectivity index (χ0v) is 16.0. The highest BCUT2D eigenvalue weighted by atomic mass is 32.1. The highest BCUT2D eigenvalue weighted by Gasteiger charge is 2.24. The number of aryl methyl sites for hydroxylation is 2. The Morgan fingerprint density at radius 2 is 1.96 bits per heavy atom. The molecule has 5 nitrogen and oxygen atoms in total. The van der Waals surface area contributed by atoms with Crippen LogP contribution in [-0.2, 0) is 13.1 Å². The van der Waals surface area contributed by atoms with E-state index in [0.29, 0.717) is 6.04 Å². The number of piperidine rings is 1. The molecule has 2 aromatic heterocycles. The number of aromatic nitrogens is 3. The first-order valence-corrected chi connectivity index (χ1v) is 10.5. The van der Waals surface area contributed by atoms with Crippen LogP contribution in [0.4, 0.5) is 5.13 Å². The van der Waals surface area contributed by atoms with Gasteiger partial charge in [0.1, 0.15) is 5.82 Å². The van der Waals surface area contributed by atoms with Gasteiger partial charge in [-0.3, -0.25) is 4.90 Å². The topological polar surface area (TPSA) is 37.2 Å². The molecule has 2 aromatic rings. The number of rotatable bonds is 6. The number of likely N-dealkylation sites (tertiary alicyclic amines) is 1. The van der Waals surface area contributed by atoms with Gasteiger partial charge < -0.3 is 9.47 Å². The maximum absolute atomic E-state index is 4.69. The molecule has 0 N–H and O–H groups in total. The van der Waals surface area contributed by atoms with Crippen LogP contribution in [0, 0.1) is 6.92 Å². The van der Waals surface area contributed by atoms with Crippen LogP contribution >= 0.6 is 11.3 Å². The van der Waals surface area contributed by atoms with E-state index in [1.807, 2.05) is 17.5 Å². The number of imidazole rings is 1. The third-order valence-corrected chi connectivity index (χ3v) is 6.70. The molecule has 25 heavy (non-hydrogen) atoms. The largest absolute Gasteiger partial charge is 0.348 e. The first kappa shape index (κ1) is 17.0. The summed E-state index contributed by atoms with van der Waals surface area (Å²) in [7, 11) is 0. The van der Waals surface area contributed by atoms with Crippen LogP contribution in [0.25, 0.3) is 0 Å². The van der Waals surface area contributed by atoms with E-state index in [0.717, 1.165) is 18.9 Å². The Kier molecular flexibility index (Phi) is 5.36. The minimum absolute atomic E-state index is 0.688. The van der Waals surface area contributed by atoms with Crippen molar-refractivity contribution in [2.45, 2.75) is 64.6 Å². The normalized spacial score (nSPS) is 22.0. The van der Waals surface area contributed by atoms with E-state index in [9.17, 15) is 0 Å². The molecule has 0 aliphatic carbocycles. The fraction of sp³-hybridized carbons (Fsp3) is 0.684. The summed E-state index contributed by atoms with van der Waals surface area (Å²) in [5.41, 5.74) is 0. The van der Waals surface area contributed by atoms with Crippen LogP contribution in [-0.4, -0.2) is 45.1 Å². The molecular weight excluding hydrogens is 330 g/mol. The predicted octanol–water partition coefficient (Wildman–Crippen LogP) is 3.69. The molecule has 2 aliphatic rings. The summed E-state index contributed by atoms with van der Waals surface area (Å²) in [6.45, 7) is 7.83. The lowest BCUT2D eigenvalue weighted by Crippen LogP contribution is -2.39. The molecule has 0 spiro atoms. The number of anilines is 1. The van der Waals surface area contributed by atoms with Gasteiger partial charge in [0, 0.05) is 55.7 Å². The third-order valence-electron chi connectivity index (χ3n) is 5.65.